The van der Waals surface area contributed by atoms with Gasteiger partial charge in [0.25, 0.3) is 5.91 Å². The lowest BCUT2D eigenvalue weighted by Gasteiger charge is -2.15. The molecule has 1 heterocycles. The second-order valence-electron chi connectivity index (χ2n) is 10.1. The fourth-order valence-electron chi connectivity index (χ4n) is 4.59. The van der Waals surface area contributed by atoms with Crippen LogP contribution in [0.25, 0.3) is 11.1 Å². The Morgan fingerprint density at radius 3 is 2.52 bits per heavy atom. The van der Waals surface area contributed by atoms with E-state index in [1.165, 1.54) is 24.3 Å². The number of anilines is 1. The van der Waals surface area contributed by atoms with Crippen molar-refractivity contribution in [3.05, 3.63) is 107 Å². The zero-order valence-corrected chi connectivity index (χ0v) is 26.1. The predicted octanol–water partition coefficient (Wildman–Crippen LogP) is 6.19. The van der Waals surface area contributed by atoms with E-state index in [9.17, 15) is 18.0 Å². The second-order valence-corrected chi connectivity index (χ2v) is 12.6. The highest BCUT2D eigenvalue weighted by atomic mass is 35.5. The average Bonchev–Trinajstić information content (AvgIpc) is 3.46. The van der Waals surface area contributed by atoms with Gasteiger partial charge in [-0.2, -0.15) is 4.98 Å². The van der Waals surface area contributed by atoms with Gasteiger partial charge in [0.15, 0.2) is 22.0 Å². The molecule has 0 radical (unpaired) electrons. The third-order valence-corrected chi connectivity index (χ3v) is 8.95. The molecule has 4 aromatic carbocycles. The number of carbonyl (C=O) groups excluding carboxylic acids is 1. The van der Waals surface area contributed by atoms with Crippen LogP contribution in [0.15, 0.2) is 94.2 Å². The van der Waals surface area contributed by atoms with Crippen molar-refractivity contribution < 1.29 is 41.7 Å². The van der Waals surface area contributed by atoms with Crippen LogP contribution in [-0.2, 0) is 27.7 Å². The first-order chi connectivity index (χ1) is 22.1. The van der Waals surface area contributed by atoms with Gasteiger partial charge in [-0.15, -0.1) is 0 Å². The molecule has 46 heavy (non-hydrogen) atoms. The number of nitrogens with zero attached hydrogens (tertiary/aromatic N) is 1. The Morgan fingerprint density at radius 2 is 1.76 bits per heavy atom. The minimum Gasteiger partial charge on any atom is -0.497 e. The molecule has 0 aliphatic heterocycles. The molecule has 0 atom stereocenters. The van der Waals surface area contributed by atoms with Crippen LogP contribution in [0.4, 0.5) is 5.69 Å². The highest BCUT2D eigenvalue weighted by molar-refractivity contribution is 7.91. The van der Waals surface area contributed by atoms with Crippen molar-refractivity contribution in [3.63, 3.8) is 0 Å². The van der Waals surface area contributed by atoms with Crippen LogP contribution in [0.3, 0.4) is 0 Å². The Kier molecular flexibility index (Phi) is 10.1. The van der Waals surface area contributed by atoms with E-state index in [-0.39, 0.29) is 34.8 Å². The molecule has 0 aliphatic carbocycles. The van der Waals surface area contributed by atoms with Crippen molar-refractivity contribution >= 4 is 50.1 Å². The number of aryl methyl sites for hydroxylation is 1. The number of aliphatic carboxylic acids is 1. The van der Waals surface area contributed by atoms with E-state index in [2.05, 4.69) is 10.3 Å². The first-order valence-electron chi connectivity index (χ1n) is 14.0. The van der Waals surface area contributed by atoms with Crippen molar-refractivity contribution in [3.8, 4) is 17.6 Å². The molecule has 238 valence electrons. The second kappa shape index (κ2) is 14.4. The molecule has 0 saturated heterocycles. The summed E-state index contributed by atoms with van der Waals surface area (Å²) in [5.41, 5.74) is 2.84. The summed E-state index contributed by atoms with van der Waals surface area (Å²) >= 11 is 5.88. The number of benzene rings is 4. The van der Waals surface area contributed by atoms with E-state index >= 15 is 0 Å². The Morgan fingerprint density at radius 1 is 0.978 bits per heavy atom. The van der Waals surface area contributed by atoms with Crippen LogP contribution < -0.4 is 19.5 Å². The van der Waals surface area contributed by atoms with E-state index in [0.717, 1.165) is 0 Å². The van der Waals surface area contributed by atoms with Crippen LogP contribution in [0.1, 0.15) is 27.9 Å². The highest BCUT2D eigenvalue weighted by Crippen LogP contribution is 2.29. The van der Waals surface area contributed by atoms with Gasteiger partial charge in [-0.05, 0) is 73.0 Å². The number of carbonyl (C=O) groups is 2. The summed E-state index contributed by atoms with van der Waals surface area (Å²) < 4.78 is 47.6. The van der Waals surface area contributed by atoms with Crippen molar-refractivity contribution in [2.45, 2.75) is 24.3 Å². The number of oxazole rings is 1. The van der Waals surface area contributed by atoms with Gasteiger partial charge < -0.3 is 29.1 Å². The van der Waals surface area contributed by atoms with Gasteiger partial charge in [-0.25, -0.2) is 13.2 Å². The van der Waals surface area contributed by atoms with Crippen LogP contribution in [-0.4, -0.2) is 49.9 Å². The summed E-state index contributed by atoms with van der Waals surface area (Å²) in [5.74, 6) is -1.02. The number of hydrogen-bond acceptors (Lipinski definition) is 9. The number of amides is 1. The smallest absolute Gasteiger partial charge is 0.394 e. The first kappa shape index (κ1) is 32.3. The lowest BCUT2D eigenvalue weighted by molar-refractivity contribution is -0.139. The summed E-state index contributed by atoms with van der Waals surface area (Å²) in [4.78, 5) is 29.2. The third-order valence-electron chi connectivity index (χ3n) is 6.88. The lowest BCUT2D eigenvalue weighted by Crippen LogP contribution is -2.17. The van der Waals surface area contributed by atoms with Gasteiger partial charge in [-0.3, -0.25) is 4.79 Å². The van der Waals surface area contributed by atoms with Crippen molar-refractivity contribution in [2.75, 3.05) is 24.8 Å². The van der Waals surface area contributed by atoms with Crippen LogP contribution >= 0.6 is 11.6 Å². The highest BCUT2D eigenvalue weighted by Gasteiger charge is 2.18. The van der Waals surface area contributed by atoms with Gasteiger partial charge in [0.05, 0.1) is 23.4 Å². The molecule has 13 heteroatoms. The number of halogens is 1. The Labute approximate surface area is 269 Å². The number of sulfone groups is 1. The number of aromatic nitrogens is 1. The molecule has 2 N–H and O–H groups in total. The van der Waals surface area contributed by atoms with E-state index in [4.69, 9.17) is 35.3 Å². The molecule has 0 spiro atoms. The van der Waals surface area contributed by atoms with E-state index in [1.54, 1.807) is 67.8 Å². The molecular formula is C33H29ClN2O9S. The number of fused-ring (bicyclic) bond motifs is 1. The van der Waals surface area contributed by atoms with E-state index < -0.39 is 28.3 Å². The summed E-state index contributed by atoms with van der Waals surface area (Å²) in [6, 6.07) is 22.8. The number of nitrogens with one attached hydrogen (secondary N) is 1. The molecule has 5 rings (SSSR count). The monoisotopic (exact) mass is 664 g/mol. The number of ether oxygens (including phenoxy) is 3. The first-order valence-corrected chi connectivity index (χ1v) is 16.1. The minimum atomic E-state index is -3.53. The SMILES string of the molecule is COc1ccc2oc(OCc3ccccc3C(=O)Nc3cc(CCCS(=O)(=O)c4ccc(Cl)cc4)ccc3OCC(=O)O)nc2c1. The average molecular weight is 665 g/mol. The van der Waals surface area contributed by atoms with Gasteiger partial charge >= 0.3 is 12.0 Å². The zero-order chi connectivity index (χ0) is 32.7. The normalized spacial score (nSPS) is 11.3. The quantitative estimate of drug-likeness (QED) is 0.140. The summed E-state index contributed by atoms with van der Waals surface area (Å²) in [7, 11) is -1.98. The summed E-state index contributed by atoms with van der Waals surface area (Å²) in [5, 5.41) is 12.4. The van der Waals surface area contributed by atoms with Gasteiger partial charge in [0.1, 0.15) is 23.6 Å². The molecule has 0 unspecified atom stereocenters. The van der Waals surface area contributed by atoms with Gasteiger partial charge in [-0.1, -0.05) is 35.9 Å². The molecule has 0 saturated carbocycles. The van der Waals surface area contributed by atoms with E-state index in [0.29, 0.717) is 51.4 Å². The maximum absolute atomic E-state index is 13.5. The maximum atomic E-state index is 13.5. The van der Waals surface area contributed by atoms with E-state index in [1.807, 2.05) is 0 Å². The zero-order valence-electron chi connectivity index (χ0n) is 24.6. The topological polar surface area (TPSA) is 154 Å². The minimum absolute atomic E-state index is 0.0219. The molecule has 5 aromatic rings. The number of carboxylic acid groups (broad SMARTS) is 1. The predicted molar refractivity (Wildman–Crippen MR) is 171 cm³/mol. The van der Waals surface area contributed by atoms with Crippen molar-refractivity contribution in [1.82, 2.24) is 4.98 Å². The van der Waals surface area contributed by atoms with Crippen LogP contribution in [0, 0.1) is 0 Å². The molecule has 1 aromatic heterocycles. The Hall–Kier alpha value is -5.07. The third kappa shape index (κ3) is 8.14. The Bertz CT molecular complexity index is 1980. The fourth-order valence-corrected chi connectivity index (χ4v) is 6.03. The van der Waals surface area contributed by atoms with Gasteiger partial charge in [0.2, 0.25) is 0 Å². The molecule has 0 bridgehead atoms. The van der Waals surface area contributed by atoms with Gasteiger partial charge in [0, 0.05) is 22.2 Å². The lowest BCUT2D eigenvalue weighted by atomic mass is 10.1. The molecule has 0 aliphatic rings. The number of hydrogen-bond donors (Lipinski definition) is 2. The standard InChI is InChI=1S/C33H29ClN2O9S/c1-42-24-11-15-30-28(18-24)36-33(45-30)44-19-22-6-2-3-7-26(22)32(39)35-27-17-21(8-14-29(27)43-20-31(37)38)5-4-16-46(40,41)25-12-9-23(34)10-13-25/h2-3,6-15,17-18H,4-5,16,19-20H2,1H3,(H,35,39)(H,37,38). The summed E-state index contributed by atoms with van der Waals surface area (Å²) in [6.07, 6.45) is 0.695. The molecular weight excluding hydrogens is 636 g/mol. The van der Waals surface area contributed by atoms with Crippen LogP contribution in [0.2, 0.25) is 5.02 Å². The van der Waals surface area contributed by atoms with Crippen LogP contribution in [0.5, 0.6) is 17.6 Å². The Balaban J connectivity index is 1.30. The van der Waals surface area contributed by atoms with Crippen molar-refractivity contribution in [2.24, 2.45) is 0 Å². The molecule has 0 fully saturated rings. The summed E-state index contributed by atoms with van der Waals surface area (Å²) in [6.45, 7) is -0.652. The number of methoxy groups -OCH3 is 1. The molecule has 1 amide bonds. The number of carboxylic acids is 1. The molecule has 11 nitrogen and oxygen atoms in total. The fraction of sp³-hybridized carbons (Fsp3) is 0.182. The van der Waals surface area contributed by atoms with Crippen molar-refractivity contribution in [1.29, 1.82) is 0 Å². The maximum Gasteiger partial charge on any atom is 0.394 e. The largest absolute Gasteiger partial charge is 0.497 e. The number of rotatable bonds is 14.